The predicted molar refractivity (Wildman–Crippen MR) is 74.3 cm³/mol. The lowest BCUT2D eigenvalue weighted by molar-refractivity contribution is -0.384. The van der Waals surface area contributed by atoms with Gasteiger partial charge in [-0.1, -0.05) is 6.42 Å². The first-order valence-electron chi connectivity index (χ1n) is 6.79. The Kier molecular flexibility index (Phi) is 5.06. The highest BCUT2D eigenvalue weighted by molar-refractivity contribution is 5.80. The first-order valence-corrected chi connectivity index (χ1v) is 6.79. The Morgan fingerprint density at radius 3 is 2.70 bits per heavy atom. The summed E-state index contributed by atoms with van der Waals surface area (Å²) in [4.78, 5) is 23.4. The summed E-state index contributed by atoms with van der Waals surface area (Å²) in [6, 6.07) is 4.07. The van der Waals surface area contributed by atoms with Crippen LogP contribution in [0.4, 0.5) is 5.69 Å². The SMILES string of the molecule is O=Cc1cc([N+](=O)[O-])ccc1OCCN1CCCCC1. The molecule has 1 aliphatic heterocycles. The highest BCUT2D eigenvalue weighted by Crippen LogP contribution is 2.22. The molecule has 2 rings (SSSR count). The summed E-state index contributed by atoms with van der Waals surface area (Å²) in [6.45, 7) is 3.47. The summed E-state index contributed by atoms with van der Waals surface area (Å²) < 4.78 is 5.57. The first-order chi connectivity index (χ1) is 9.70. The van der Waals surface area contributed by atoms with E-state index in [9.17, 15) is 14.9 Å². The van der Waals surface area contributed by atoms with Crippen LogP contribution in [0, 0.1) is 10.1 Å². The summed E-state index contributed by atoms with van der Waals surface area (Å²) in [7, 11) is 0. The molecule has 1 fully saturated rings. The van der Waals surface area contributed by atoms with Gasteiger partial charge in [0, 0.05) is 18.7 Å². The second-order valence-corrected chi connectivity index (χ2v) is 4.85. The number of hydrogen-bond acceptors (Lipinski definition) is 5. The van der Waals surface area contributed by atoms with Gasteiger partial charge in [0.05, 0.1) is 10.5 Å². The van der Waals surface area contributed by atoms with Gasteiger partial charge in [-0.25, -0.2) is 0 Å². The molecule has 1 aliphatic rings. The highest BCUT2D eigenvalue weighted by atomic mass is 16.6. The van der Waals surface area contributed by atoms with Crippen molar-refractivity contribution >= 4 is 12.0 Å². The fourth-order valence-electron chi connectivity index (χ4n) is 2.34. The number of benzene rings is 1. The van der Waals surface area contributed by atoms with E-state index in [-0.39, 0.29) is 11.3 Å². The van der Waals surface area contributed by atoms with Crippen molar-refractivity contribution in [2.75, 3.05) is 26.2 Å². The van der Waals surface area contributed by atoms with Gasteiger partial charge in [0.15, 0.2) is 6.29 Å². The molecule has 1 saturated heterocycles. The second kappa shape index (κ2) is 7.00. The van der Waals surface area contributed by atoms with Crippen LogP contribution >= 0.6 is 0 Å². The molecule has 0 aliphatic carbocycles. The van der Waals surface area contributed by atoms with Crippen molar-refractivity contribution in [1.29, 1.82) is 0 Å². The van der Waals surface area contributed by atoms with E-state index in [1.807, 2.05) is 0 Å². The summed E-state index contributed by atoms with van der Waals surface area (Å²) >= 11 is 0. The Labute approximate surface area is 117 Å². The van der Waals surface area contributed by atoms with Gasteiger partial charge >= 0.3 is 0 Å². The Bertz CT molecular complexity index is 484. The normalized spacial score (nSPS) is 15.8. The number of aldehydes is 1. The minimum atomic E-state index is -0.523. The average molecular weight is 278 g/mol. The summed E-state index contributed by atoms with van der Waals surface area (Å²) in [5.41, 5.74) is 0.119. The monoisotopic (exact) mass is 278 g/mol. The molecule has 0 aromatic heterocycles. The van der Waals surface area contributed by atoms with E-state index in [1.54, 1.807) is 0 Å². The third kappa shape index (κ3) is 3.77. The molecule has 20 heavy (non-hydrogen) atoms. The van der Waals surface area contributed by atoms with Gasteiger partial charge in [0.25, 0.3) is 5.69 Å². The van der Waals surface area contributed by atoms with Crippen molar-refractivity contribution < 1.29 is 14.5 Å². The second-order valence-electron chi connectivity index (χ2n) is 4.85. The van der Waals surface area contributed by atoms with Crippen molar-refractivity contribution in [3.8, 4) is 5.75 Å². The van der Waals surface area contributed by atoms with E-state index in [2.05, 4.69) is 4.90 Å². The third-order valence-corrected chi connectivity index (χ3v) is 3.44. The molecule has 1 aromatic rings. The van der Waals surface area contributed by atoms with Crippen LogP contribution in [0.25, 0.3) is 0 Å². The first kappa shape index (κ1) is 14.5. The quantitative estimate of drug-likeness (QED) is 0.453. The molecule has 0 atom stereocenters. The Balaban J connectivity index is 1.91. The maximum atomic E-state index is 11.0. The van der Waals surface area contributed by atoms with Crippen molar-refractivity contribution in [2.45, 2.75) is 19.3 Å². The number of piperidine rings is 1. The molecular formula is C14H18N2O4. The highest BCUT2D eigenvalue weighted by Gasteiger charge is 2.13. The zero-order valence-corrected chi connectivity index (χ0v) is 11.3. The number of nitro groups is 1. The molecule has 1 aromatic carbocycles. The van der Waals surface area contributed by atoms with Crippen molar-refractivity contribution in [3.63, 3.8) is 0 Å². The Hall–Kier alpha value is -1.95. The fraction of sp³-hybridized carbons (Fsp3) is 0.500. The standard InChI is InChI=1S/C14H18N2O4/c17-11-12-10-13(16(18)19)4-5-14(12)20-9-8-15-6-2-1-3-7-15/h4-5,10-11H,1-3,6-9H2. The number of carbonyl (C=O) groups excluding carboxylic acids is 1. The number of nitro benzene ring substituents is 1. The van der Waals surface area contributed by atoms with Crippen LogP contribution in [0.5, 0.6) is 5.75 Å². The van der Waals surface area contributed by atoms with Crippen LogP contribution in [-0.2, 0) is 0 Å². The van der Waals surface area contributed by atoms with Gasteiger partial charge in [-0.2, -0.15) is 0 Å². The van der Waals surface area contributed by atoms with E-state index < -0.39 is 4.92 Å². The molecule has 6 heteroatoms. The van der Waals surface area contributed by atoms with Crippen molar-refractivity contribution in [3.05, 3.63) is 33.9 Å². The molecule has 0 unspecified atom stereocenters. The number of likely N-dealkylation sites (tertiary alicyclic amines) is 1. The molecule has 0 spiro atoms. The van der Waals surface area contributed by atoms with Gasteiger partial charge < -0.3 is 4.74 Å². The molecule has 0 N–H and O–H groups in total. The van der Waals surface area contributed by atoms with Crippen LogP contribution in [0.3, 0.4) is 0 Å². The number of hydrogen-bond donors (Lipinski definition) is 0. The molecule has 0 saturated carbocycles. The van der Waals surface area contributed by atoms with E-state index in [0.29, 0.717) is 18.6 Å². The number of ether oxygens (including phenoxy) is 1. The predicted octanol–water partition coefficient (Wildman–Crippen LogP) is 2.27. The van der Waals surface area contributed by atoms with Crippen molar-refractivity contribution in [2.24, 2.45) is 0 Å². The summed E-state index contributed by atoms with van der Waals surface area (Å²) in [5, 5.41) is 10.6. The Morgan fingerprint density at radius 2 is 2.05 bits per heavy atom. The van der Waals surface area contributed by atoms with Gasteiger partial charge in [-0.05, 0) is 32.0 Å². The minimum absolute atomic E-state index is 0.101. The van der Waals surface area contributed by atoms with Crippen LogP contribution in [0.1, 0.15) is 29.6 Å². The van der Waals surface area contributed by atoms with Gasteiger partial charge in [-0.15, -0.1) is 0 Å². The zero-order chi connectivity index (χ0) is 14.4. The maximum Gasteiger partial charge on any atom is 0.270 e. The van der Waals surface area contributed by atoms with Crippen LogP contribution in [0.15, 0.2) is 18.2 Å². The topological polar surface area (TPSA) is 72.7 Å². The summed E-state index contributed by atoms with van der Waals surface area (Å²) in [6.07, 6.45) is 4.31. The lowest BCUT2D eigenvalue weighted by Crippen LogP contribution is -2.33. The van der Waals surface area contributed by atoms with E-state index >= 15 is 0 Å². The lowest BCUT2D eigenvalue weighted by atomic mass is 10.1. The number of nitrogens with zero attached hydrogens (tertiary/aromatic N) is 2. The van der Waals surface area contributed by atoms with Gasteiger partial charge in [0.2, 0.25) is 0 Å². The van der Waals surface area contributed by atoms with Crippen LogP contribution in [-0.4, -0.2) is 42.4 Å². The maximum absolute atomic E-state index is 11.0. The van der Waals surface area contributed by atoms with Gasteiger partial charge in [0.1, 0.15) is 12.4 Å². The van der Waals surface area contributed by atoms with Crippen molar-refractivity contribution in [1.82, 2.24) is 4.90 Å². The van der Waals surface area contributed by atoms with Gasteiger partial charge in [-0.3, -0.25) is 19.8 Å². The molecule has 108 valence electrons. The molecule has 0 bridgehead atoms. The lowest BCUT2D eigenvalue weighted by Gasteiger charge is -2.26. The minimum Gasteiger partial charge on any atom is -0.491 e. The van der Waals surface area contributed by atoms with Crippen LogP contribution in [0.2, 0.25) is 0 Å². The fourth-order valence-corrected chi connectivity index (χ4v) is 2.34. The molecule has 1 heterocycles. The average Bonchev–Trinajstić information content (AvgIpc) is 2.48. The van der Waals surface area contributed by atoms with E-state index in [0.717, 1.165) is 19.6 Å². The molecular weight excluding hydrogens is 260 g/mol. The Morgan fingerprint density at radius 1 is 1.30 bits per heavy atom. The third-order valence-electron chi connectivity index (χ3n) is 3.44. The number of carbonyl (C=O) groups is 1. The molecule has 0 radical (unpaired) electrons. The smallest absolute Gasteiger partial charge is 0.270 e. The number of rotatable bonds is 6. The van der Waals surface area contributed by atoms with E-state index in [1.165, 1.54) is 37.5 Å². The molecule has 0 amide bonds. The summed E-state index contributed by atoms with van der Waals surface area (Å²) in [5.74, 6) is 0.405. The van der Waals surface area contributed by atoms with E-state index in [4.69, 9.17) is 4.74 Å². The molecule has 6 nitrogen and oxygen atoms in total. The number of non-ortho nitro benzene ring substituents is 1. The largest absolute Gasteiger partial charge is 0.491 e. The zero-order valence-electron chi connectivity index (χ0n) is 11.3. The van der Waals surface area contributed by atoms with Crippen LogP contribution < -0.4 is 4.74 Å².